The van der Waals surface area contributed by atoms with Crippen LogP contribution in [-0.4, -0.2) is 39.2 Å². The molecule has 0 radical (unpaired) electrons. The number of thiazole rings is 1. The van der Waals surface area contributed by atoms with Crippen molar-refractivity contribution >= 4 is 23.2 Å². The molecule has 0 unspecified atom stereocenters. The van der Waals surface area contributed by atoms with Crippen LogP contribution in [-0.2, 0) is 17.8 Å². The first-order chi connectivity index (χ1) is 14.6. The van der Waals surface area contributed by atoms with Gasteiger partial charge in [-0.05, 0) is 53.6 Å². The van der Waals surface area contributed by atoms with E-state index in [4.69, 9.17) is 10.5 Å². The van der Waals surface area contributed by atoms with Crippen molar-refractivity contribution in [2.24, 2.45) is 0 Å². The van der Waals surface area contributed by atoms with Gasteiger partial charge in [-0.15, -0.1) is 11.3 Å². The second-order valence-corrected chi connectivity index (χ2v) is 8.53. The topological polar surface area (TPSA) is 102 Å². The number of ether oxygens (including phenoxy) is 1. The van der Waals surface area contributed by atoms with Crippen molar-refractivity contribution in [3.63, 3.8) is 0 Å². The average molecular weight is 423 g/mol. The number of carboxylic acid groups (broad SMARTS) is 1. The molecule has 0 saturated carbocycles. The number of rotatable bonds is 3. The second-order valence-electron chi connectivity index (χ2n) is 7.63. The van der Waals surface area contributed by atoms with Gasteiger partial charge in [-0.3, -0.25) is 0 Å². The summed E-state index contributed by atoms with van der Waals surface area (Å²) < 4.78 is 5.72. The minimum atomic E-state index is -0.867. The van der Waals surface area contributed by atoms with E-state index in [-0.39, 0.29) is 6.04 Å². The lowest BCUT2D eigenvalue weighted by Crippen LogP contribution is -2.30. The first kappa shape index (κ1) is 19.0. The van der Waals surface area contributed by atoms with Gasteiger partial charge in [0.05, 0.1) is 24.8 Å². The number of benzene rings is 1. The second kappa shape index (κ2) is 7.70. The molecule has 4 heterocycles. The quantitative estimate of drug-likeness (QED) is 0.651. The predicted molar refractivity (Wildman–Crippen MR) is 115 cm³/mol. The van der Waals surface area contributed by atoms with Crippen molar-refractivity contribution < 1.29 is 14.6 Å². The molecule has 1 amide bonds. The number of carbonyl (C=O) groups is 1. The summed E-state index contributed by atoms with van der Waals surface area (Å²) in [6.45, 7) is 1.77. The lowest BCUT2D eigenvalue weighted by atomic mass is 9.88. The van der Waals surface area contributed by atoms with Gasteiger partial charge >= 0.3 is 6.09 Å². The summed E-state index contributed by atoms with van der Waals surface area (Å²) >= 11 is 1.52. The Morgan fingerprint density at radius 3 is 2.97 bits per heavy atom. The first-order valence-electron chi connectivity index (χ1n) is 10.0. The number of amides is 1. The number of hydrogen-bond acceptors (Lipinski definition) is 6. The molecule has 1 atom stereocenters. The molecule has 0 aliphatic carbocycles. The van der Waals surface area contributed by atoms with Crippen molar-refractivity contribution in [1.82, 2.24) is 14.9 Å². The lowest BCUT2D eigenvalue weighted by molar-refractivity contribution is 0.107. The van der Waals surface area contributed by atoms with Gasteiger partial charge in [0.1, 0.15) is 10.8 Å². The van der Waals surface area contributed by atoms with E-state index in [9.17, 15) is 9.90 Å². The standard InChI is InChI=1S/C22H22N4O3S/c23-20-17(21-24-4-7-30-21)10-15(11-25-20)14-8-13-3-6-29-12-18(13)16(9-14)19-2-1-5-26(19)22(27)28/h4,7-11,19H,1-3,5-6,12H2,(H2,23,25)(H,27,28)/t19-/m0/s1. The average Bonchev–Trinajstić information content (AvgIpc) is 3.45. The van der Waals surface area contributed by atoms with Crippen molar-refractivity contribution in [2.45, 2.75) is 31.9 Å². The molecular weight excluding hydrogens is 400 g/mol. The van der Waals surface area contributed by atoms with Crippen LogP contribution in [0, 0.1) is 0 Å². The fourth-order valence-corrected chi connectivity index (χ4v) is 5.12. The highest BCUT2D eigenvalue weighted by Gasteiger charge is 2.33. The number of nitrogen functional groups attached to an aromatic ring is 1. The van der Waals surface area contributed by atoms with Gasteiger partial charge in [-0.2, -0.15) is 0 Å². The zero-order valence-electron chi connectivity index (χ0n) is 16.4. The Hall–Kier alpha value is -2.97. The fourth-order valence-electron chi connectivity index (χ4n) is 4.46. The molecule has 7 nitrogen and oxygen atoms in total. The highest BCUT2D eigenvalue weighted by molar-refractivity contribution is 7.13. The molecule has 154 valence electrons. The van der Waals surface area contributed by atoms with E-state index < -0.39 is 6.09 Å². The van der Waals surface area contributed by atoms with E-state index in [2.05, 4.69) is 22.1 Å². The number of aromatic nitrogens is 2. The molecule has 1 fully saturated rings. The molecule has 1 aromatic carbocycles. The van der Waals surface area contributed by atoms with Gasteiger partial charge in [-0.1, -0.05) is 6.07 Å². The first-order valence-corrected chi connectivity index (χ1v) is 10.9. The summed E-state index contributed by atoms with van der Waals surface area (Å²) in [6, 6.07) is 6.17. The van der Waals surface area contributed by atoms with Crippen LogP contribution in [0.3, 0.4) is 0 Å². The lowest BCUT2D eigenvalue weighted by Gasteiger charge is -2.28. The zero-order chi connectivity index (χ0) is 20.7. The maximum Gasteiger partial charge on any atom is 0.407 e. The van der Waals surface area contributed by atoms with E-state index in [1.54, 1.807) is 17.3 Å². The molecule has 8 heteroatoms. The molecular formula is C22H22N4O3S. The van der Waals surface area contributed by atoms with Gasteiger partial charge in [0.2, 0.25) is 0 Å². The molecule has 0 spiro atoms. The number of nitrogens with zero attached hydrogens (tertiary/aromatic N) is 3. The molecule has 5 rings (SSSR count). The summed E-state index contributed by atoms with van der Waals surface area (Å²) in [5.74, 6) is 0.452. The van der Waals surface area contributed by atoms with Crippen molar-refractivity contribution in [1.29, 1.82) is 0 Å². The van der Waals surface area contributed by atoms with E-state index in [1.165, 1.54) is 16.9 Å². The number of hydrogen-bond donors (Lipinski definition) is 2. The van der Waals surface area contributed by atoms with Gasteiger partial charge in [0.15, 0.2) is 0 Å². The van der Waals surface area contributed by atoms with Crippen LogP contribution in [0.1, 0.15) is 35.6 Å². The predicted octanol–water partition coefficient (Wildman–Crippen LogP) is 4.34. The third-order valence-electron chi connectivity index (χ3n) is 5.91. The molecule has 2 aromatic heterocycles. The van der Waals surface area contributed by atoms with Crippen molar-refractivity contribution in [2.75, 3.05) is 18.9 Å². The zero-order valence-corrected chi connectivity index (χ0v) is 17.2. The largest absolute Gasteiger partial charge is 0.465 e. The molecule has 0 bridgehead atoms. The number of nitrogens with two attached hydrogens (primary N) is 1. The fraction of sp³-hybridized carbons (Fsp3) is 0.318. The van der Waals surface area contributed by atoms with E-state index in [0.717, 1.165) is 52.1 Å². The summed E-state index contributed by atoms with van der Waals surface area (Å²) in [7, 11) is 0. The Bertz CT molecular complexity index is 1100. The number of likely N-dealkylation sites (tertiary alicyclic amines) is 1. The smallest absolute Gasteiger partial charge is 0.407 e. The minimum absolute atomic E-state index is 0.141. The Labute approximate surface area is 178 Å². The van der Waals surface area contributed by atoms with Gasteiger partial charge in [0.25, 0.3) is 0 Å². The van der Waals surface area contributed by atoms with Crippen LogP contribution in [0.25, 0.3) is 21.7 Å². The van der Waals surface area contributed by atoms with Crippen LogP contribution in [0.5, 0.6) is 0 Å². The normalized spacial score (nSPS) is 18.4. The Balaban J connectivity index is 1.63. The van der Waals surface area contributed by atoms with Crippen LogP contribution < -0.4 is 5.73 Å². The van der Waals surface area contributed by atoms with Gasteiger partial charge in [0, 0.05) is 29.9 Å². The van der Waals surface area contributed by atoms with Gasteiger partial charge < -0.3 is 20.5 Å². The van der Waals surface area contributed by atoms with Crippen molar-refractivity contribution in [3.05, 3.63) is 52.7 Å². The van der Waals surface area contributed by atoms with E-state index >= 15 is 0 Å². The monoisotopic (exact) mass is 422 g/mol. The maximum absolute atomic E-state index is 11.8. The molecule has 30 heavy (non-hydrogen) atoms. The molecule has 1 saturated heterocycles. The van der Waals surface area contributed by atoms with Gasteiger partial charge in [-0.25, -0.2) is 14.8 Å². The summed E-state index contributed by atoms with van der Waals surface area (Å²) in [4.78, 5) is 22.1. The van der Waals surface area contributed by atoms with Crippen LogP contribution >= 0.6 is 11.3 Å². The Morgan fingerprint density at radius 2 is 2.17 bits per heavy atom. The third-order valence-corrected chi connectivity index (χ3v) is 6.72. The summed E-state index contributed by atoms with van der Waals surface area (Å²) in [6.07, 6.45) is 5.18. The van der Waals surface area contributed by atoms with Crippen LogP contribution in [0.4, 0.5) is 10.6 Å². The summed E-state index contributed by atoms with van der Waals surface area (Å²) in [5, 5.41) is 12.4. The highest BCUT2D eigenvalue weighted by atomic mass is 32.1. The highest BCUT2D eigenvalue weighted by Crippen LogP contribution is 2.40. The third kappa shape index (κ3) is 3.32. The molecule has 2 aliphatic rings. The molecule has 2 aliphatic heterocycles. The Kier molecular flexibility index (Phi) is 4.88. The number of anilines is 1. The number of pyridine rings is 1. The minimum Gasteiger partial charge on any atom is -0.465 e. The van der Waals surface area contributed by atoms with Crippen LogP contribution in [0.15, 0.2) is 36.0 Å². The number of fused-ring (bicyclic) bond motifs is 1. The summed E-state index contributed by atoms with van der Waals surface area (Å²) in [5.41, 5.74) is 12.3. The molecule has 3 aromatic rings. The van der Waals surface area contributed by atoms with E-state index in [1.807, 2.05) is 11.4 Å². The maximum atomic E-state index is 11.8. The molecule has 3 N–H and O–H groups in total. The van der Waals surface area contributed by atoms with Crippen LogP contribution in [0.2, 0.25) is 0 Å². The van der Waals surface area contributed by atoms with Crippen molar-refractivity contribution in [3.8, 4) is 21.7 Å². The van der Waals surface area contributed by atoms with E-state index in [0.29, 0.717) is 25.6 Å². The SMILES string of the molecule is Nc1ncc(-c2cc3c(c([C@@H]4CCCN4C(=O)O)c2)COCC3)cc1-c1nccs1. The Morgan fingerprint density at radius 1 is 1.27 bits per heavy atom.